The maximum Gasteiger partial charge on any atom is 0.252 e. The van der Waals surface area contributed by atoms with Crippen LogP contribution in [-0.4, -0.2) is 36.9 Å². The van der Waals surface area contributed by atoms with Crippen molar-refractivity contribution in [3.63, 3.8) is 0 Å². The Bertz CT molecular complexity index is 1460. The summed E-state index contributed by atoms with van der Waals surface area (Å²) in [6.07, 6.45) is 5.44. The minimum Gasteiger partial charge on any atom is -0.454 e. The molecule has 2 aromatic heterocycles. The molecule has 0 spiro atoms. The number of nitrogens with zero attached hydrogens (tertiary/aromatic N) is 5. The number of nitrogens with one attached hydrogen (secondary N) is 1. The fraction of sp³-hybridized carbons (Fsp3) is 0.429. The molecule has 3 heterocycles. The van der Waals surface area contributed by atoms with E-state index in [-0.39, 0.29) is 18.4 Å². The second-order valence-electron chi connectivity index (χ2n) is 10.2. The zero-order valence-electron chi connectivity index (χ0n) is 21.3. The van der Waals surface area contributed by atoms with Crippen LogP contribution in [0, 0.1) is 6.92 Å². The quantitative estimate of drug-likeness (QED) is 0.370. The molecule has 9 nitrogen and oxygen atoms in total. The molecule has 1 N–H and O–H groups in total. The second-order valence-corrected chi connectivity index (χ2v) is 10.2. The highest BCUT2D eigenvalue weighted by atomic mass is 16.7. The van der Waals surface area contributed by atoms with E-state index >= 15 is 0 Å². The van der Waals surface area contributed by atoms with Gasteiger partial charge >= 0.3 is 0 Å². The van der Waals surface area contributed by atoms with Gasteiger partial charge in [0.25, 0.3) is 5.56 Å². The fourth-order valence-corrected chi connectivity index (χ4v) is 5.61. The van der Waals surface area contributed by atoms with Crippen molar-refractivity contribution >= 4 is 10.9 Å². The van der Waals surface area contributed by atoms with Crippen molar-refractivity contribution in [1.82, 2.24) is 30.1 Å². The lowest BCUT2D eigenvalue weighted by molar-refractivity contribution is 0.158. The van der Waals surface area contributed by atoms with Crippen LogP contribution in [0.4, 0.5) is 0 Å². The molecule has 1 atom stereocenters. The van der Waals surface area contributed by atoms with Crippen molar-refractivity contribution in [2.75, 3.05) is 6.79 Å². The van der Waals surface area contributed by atoms with Gasteiger partial charge < -0.3 is 14.5 Å². The average Bonchev–Trinajstić information content (AvgIpc) is 3.67. The van der Waals surface area contributed by atoms with Crippen LogP contribution in [0.5, 0.6) is 11.5 Å². The molecule has 0 saturated heterocycles. The summed E-state index contributed by atoms with van der Waals surface area (Å²) < 4.78 is 13.1. The van der Waals surface area contributed by atoms with Crippen LogP contribution in [0.25, 0.3) is 10.9 Å². The third kappa shape index (κ3) is 4.71. The number of hydrogen-bond acceptors (Lipinski definition) is 7. The summed E-state index contributed by atoms with van der Waals surface area (Å²) in [5.41, 5.74) is 3.73. The predicted octanol–water partition coefficient (Wildman–Crippen LogP) is 4.82. The zero-order chi connectivity index (χ0) is 25.4. The van der Waals surface area contributed by atoms with E-state index in [2.05, 4.69) is 63.5 Å². The molecule has 0 unspecified atom stereocenters. The van der Waals surface area contributed by atoms with Crippen molar-refractivity contribution in [1.29, 1.82) is 0 Å². The molecule has 37 heavy (non-hydrogen) atoms. The first kappa shape index (κ1) is 23.7. The van der Waals surface area contributed by atoms with Gasteiger partial charge in [-0.15, -0.1) is 5.10 Å². The monoisotopic (exact) mass is 500 g/mol. The number of benzene rings is 2. The third-order valence-corrected chi connectivity index (χ3v) is 7.61. The maximum absolute atomic E-state index is 13.2. The Morgan fingerprint density at radius 1 is 1.08 bits per heavy atom. The molecule has 192 valence electrons. The fourth-order valence-electron chi connectivity index (χ4n) is 5.61. The molecule has 0 amide bonds. The van der Waals surface area contributed by atoms with Gasteiger partial charge in [-0.05, 0) is 54.3 Å². The van der Waals surface area contributed by atoms with Crippen molar-refractivity contribution in [2.45, 2.75) is 71.1 Å². The molecular weight excluding hydrogens is 468 g/mol. The number of rotatable bonds is 8. The SMILES string of the molecule is CC[C@H](c1nnnn1C1CCCC1)N(Cc1ccc(C)cc1)Cc1cc2cc3c(cc2[nH]c1=O)OCO3. The van der Waals surface area contributed by atoms with Gasteiger partial charge in [-0.25, -0.2) is 4.68 Å². The number of aromatic amines is 1. The molecule has 1 aliphatic carbocycles. The molecule has 1 saturated carbocycles. The van der Waals surface area contributed by atoms with Gasteiger partial charge in [-0.1, -0.05) is 49.6 Å². The van der Waals surface area contributed by atoms with Crippen LogP contribution in [0.3, 0.4) is 0 Å². The van der Waals surface area contributed by atoms with E-state index in [1.807, 2.05) is 22.9 Å². The molecule has 9 heteroatoms. The number of pyridine rings is 1. The van der Waals surface area contributed by atoms with E-state index in [4.69, 9.17) is 9.47 Å². The van der Waals surface area contributed by atoms with Gasteiger partial charge in [-0.2, -0.15) is 0 Å². The predicted molar refractivity (Wildman–Crippen MR) is 139 cm³/mol. The molecule has 6 rings (SSSR count). The largest absolute Gasteiger partial charge is 0.454 e. The number of hydrogen-bond donors (Lipinski definition) is 1. The van der Waals surface area contributed by atoms with Crippen LogP contribution in [-0.2, 0) is 13.1 Å². The van der Waals surface area contributed by atoms with Gasteiger partial charge in [0.1, 0.15) is 0 Å². The van der Waals surface area contributed by atoms with E-state index < -0.39 is 0 Å². The summed E-state index contributed by atoms with van der Waals surface area (Å²) in [4.78, 5) is 18.6. The highest BCUT2D eigenvalue weighted by Gasteiger charge is 2.30. The van der Waals surface area contributed by atoms with E-state index in [1.165, 1.54) is 24.0 Å². The highest BCUT2D eigenvalue weighted by molar-refractivity contribution is 5.83. The summed E-state index contributed by atoms with van der Waals surface area (Å²) in [5.74, 6) is 2.23. The smallest absolute Gasteiger partial charge is 0.252 e. The molecule has 1 fully saturated rings. The number of aryl methyl sites for hydroxylation is 1. The lowest BCUT2D eigenvalue weighted by atomic mass is 10.1. The van der Waals surface area contributed by atoms with Crippen LogP contribution >= 0.6 is 0 Å². The normalized spacial score (nSPS) is 16.2. The maximum atomic E-state index is 13.2. The van der Waals surface area contributed by atoms with Crippen LogP contribution in [0.15, 0.2) is 47.3 Å². The zero-order valence-corrected chi connectivity index (χ0v) is 21.3. The Morgan fingerprint density at radius 3 is 2.59 bits per heavy atom. The molecule has 2 aromatic carbocycles. The molecular formula is C28H32N6O3. The van der Waals surface area contributed by atoms with Crippen molar-refractivity contribution < 1.29 is 9.47 Å². The minimum atomic E-state index is -0.106. The Balaban J connectivity index is 1.38. The number of ether oxygens (including phenoxy) is 2. The molecule has 1 aliphatic heterocycles. The minimum absolute atomic E-state index is 0.0382. The first-order chi connectivity index (χ1) is 18.1. The Labute approximate surface area is 215 Å². The average molecular weight is 501 g/mol. The lowest BCUT2D eigenvalue weighted by Crippen LogP contribution is -2.32. The number of fused-ring (bicyclic) bond motifs is 2. The van der Waals surface area contributed by atoms with Crippen molar-refractivity contribution in [2.24, 2.45) is 0 Å². The summed E-state index contributed by atoms with van der Waals surface area (Å²) in [7, 11) is 0. The van der Waals surface area contributed by atoms with E-state index in [0.29, 0.717) is 36.2 Å². The van der Waals surface area contributed by atoms with Gasteiger partial charge in [0, 0.05) is 30.1 Å². The Hall–Kier alpha value is -3.72. The summed E-state index contributed by atoms with van der Waals surface area (Å²) in [6.45, 7) is 5.58. The molecule has 4 aromatic rings. The van der Waals surface area contributed by atoms with E-state index in [9.17, 15) is 4.79 Å². The number of tetrazole rings is 1. The topological polar surface area (TPSA) is 98.2 Å². The van der Waals surface area contributed by atoms with Crippen LogP contribution < -0.4 is 15.0 Å². The van der Waals surface area contributed by atoms with Gasteiger partial charge in [0.2, 0.25) is 6.79 Å². The lowest BCUT2D eigenvalue weighted by Gasteiger charge is -2.31. The first-order valence-electron chi connectivity index (χ1n) is 13.1. The van der Waals surface area contributed by atoms with Crippen molar-refractivity contribution in [3.8, 4) is 11.5 Å². The Morgan fingerprint density at radius 2 is 1.84 bits per heavy atom. The molecule has 0 bridgehead atoms. The van der Waals surface area contributed by atoms with Gasteiger partial charge in [-0.3, -0.25) is 9.69 Å². The van der Waals surface area contributed by atoms with Crippen LogP contribution in [0.2, 0.25) is 0 Å². The van der Waals surface area contributed by atoms with Gasteiger partial charge in [0.05, 0.1) is 17.6 Å². The van der Waals surface area contributed by atoms with Crippen molar-refractivity contribution in [3.05, 3.63) is 75.3 Å². The summed E-state index contributed by atoms with van der Waals surface area (Å²) in [5, 5.41) is 13.9. The van der Waals surface area contributed by atoms with E-state index in [1.54, 1.807) is 0 Å². The molecule has 2 aliphatic rings. The number of aromatic nitrogens is 5. The van der Waals surface area contributed by atoms with E-state index in [0.717, 1.165) is 36.0 Å². The van der Waals surface area contributed by atoms with Gasteiger partial charge in [0.15, 0.2) is 17.3 Å². The van der Waals surface area contributed by atoms with Crippen LogP contribution in [0.1, 0.15) is 73.6 Å². The Kier molecular flexibility index (Phi) is 6.38. The first-order valence-corrected chi connectivity index (χ1v) is 13.1. The summed E-state index contributed by atoms with van der Waals surface area (Å²) in [6, 6.07) is 14.6. The number of H-pyrrole nitrogens is 1. The third-order valence-electron chi connectivity index (χ3n) is 7.61. The second kappa shape index (κ2) is 9.97. The molecule has 0 radical (unpaired) electrons. The highest BCUT2D eigenvalue weighted by Crippen LogP contribution is 2.36. The summed E-state index contributed by atoms with van der Waals surface area (Å²) >= 11 is 0. The standard InChI is InChI=1S/C28H32N6O3/c1-3-24(27-30-31-32-34(27)22-6-4-5-7-22)33(15-19-10-8-18(2)9-11-19)16-21-12-20-13-25-26(37-17-36-25)14-23(20)29-28(21)35/h8-14,22,24H,3-7,15-17H2,1-2H3,(H,29,35)/t24-/m1/s1.